The Morgan fingerprint density at radius 1 is 1.00 bits per heavy atom. The molecule has 1 fully saturated rings. The first-order valence-corrected chi connectivity index (χ1v) is 10.0. The van der Waals surface area contributed by atoms with Crippen LogP contribution < -0.4 is 31.3 Å². The molecule has 1 aliphatic heterocycles. The zero-order chi connectivity index (χ0) is 16.4. The van der Waals surface area contributed by atoms with Gasteiger partial charge in [-0.05, 0) is 18.1 Å². The molecule has 0 saturated carbocycles. The summed E-state index contributed by atoms with van der Waals surface area (Å²) in [5.41, 5.74) is 2.51. The van der Waals surface area contributed by atoms with Gasteiger partial charge in [0.15, 0.2) is 0 Å². The summed E-state index contributed by atoms with van der Waals surface area (Å²) >= 11 is 0. The van der Waals surface area contributed by atoms with Gasteiger partial charge in [0.2, 0.25) is 0 Å². The minimum atomic E-state index is -2.92. The fourth-order valence-corrected chi connectivity index (χ4v) is 4.65. The normalized spacial score (nSPS) is 20.3. The second kappa shape index (κ2) is 9.25. The van der Waals surface area contributed by atoms with E-state index in [2.05, 4.69) is 60.4 Å². The van der Waals surface area contributed by atoms with E-state index in [0.717, 1.165) is 6.54 Å². The van der Waals surface area contributed by atoms with Crippen LogP contribution in [0.3, 0.4) is 0 Å². The molecule has 0 N–H and O–H groups in total. The van der Waals surface area contributed by atoms with Crippen molar-refractivity contribution in [2.45, 2.75) is 19.0 Å². The summed E-state index contributed by atoms with van der Waals surface area (Å²) in [6, 6.07) is 21.3. The summed E-state index contributed by atoms with van der Waals surface area (Å²) in [6.45, 7) is 2.96. The van der Waals surface area contributed by atoms with Crippen LogP contribution in [-0.4, -0.2) is 37.9 Å². The average molecular weight is 372 g/mol. The third-order valence-corrected chi connectivity index (χ3v) is 5.76. The van der Waals surface area contributed by atoms with Gasteiger partial charge >= 0.3 is 18.9 Å². The van der Waals surface area contributed by atoms with Crippen LogP contribution in [0.15, 0.2) is 60.7 Å². The molecule has 0 bridgehead atoms. The fourth-order valence-electron chi connectivity index (χ4n) is 3.49. The van der Waals surface area contributed by atoms with E-state index in [1.165, 1.54) is 17.4 Å². The summed E-state index contributed by atoms with van der Waals surface area (Å²) in [5, 5.41) is 0. The Kier molecular flexibility index (Phi) is 8.25. The van der Waals surface area contributed by atoms with Crippen molar-refractivity contribution in [2.75, 3.05) is 18.6 Å². The largest absolute Gasteiger partial charge is 1.00 e. The molecule has 0 amide bonds. The molecule has 1 heterocycles. The number of halogens is 1. The number of likely N-dealkylation sites (tertiary alicyclic amines) is 1. The molecule has 6 heteroatoms. The van der Waals surface area contributed by atoms with Gasteiger partial charge in [-0.25, -0.2) is 8.42 Å². The van der Waals surface area contributed by atoms with E-state index in [0.29, 0.717) is 0 Å². The van der Waals surface area contributed by atoms with Gasteiger partial charge in [-0.3, -0.25) is 4.90 Å². The first-order chi connectivity index (χ1) is 11.0. The van der Waals surface area contributed by atoms with Crippen LogP contribution in [0, 0.1) is 5.92 Å². The molecule has 25 heavy (non-hydrogen) atoms. The molecule has 0 spiro atoms. The van der Waals surface area contributed by atoms with Gasteiger partial charge < -0.3 is 12.4 Å². The van der Waals surface area contributed by atoms with E-state index in [4.69, 9.17) is 0 Å². The Bertz CT molecular complexity index is 716. The quantitative estimate of drug-likeness (QED) is 0.531. The summed E-state index contributed by atoms with van der Waals surface area (Å²) in [7, 11) is -2.92. The van der Waals surface area contributed by atoms with Crippen LogP contribution in [-0.2, 0) is 9.84 Å². The van der Waals surface area contributed by atoms with Crippen LogP contribution in [0.5, 0.6) is 0 Å². The molecule has 0 aliphatic carbocycles. The van der Waals surface area contributed by atoms with Crippen LogP contribution in [0.4, 0.5) is 0 Å². The van der Waals surface area contributed by atoms with Crippen molar-refractivity contribution >= 4 is 9.84 Å². The molecule has 1 aliphatic rings. The standard InChI is InChI=1S/C19H23NO2S.ClH.Li/c1-15-18(14-23(2,21)22)13-20(15)19(16-9-5-3-6-10-16)17-11-7-4-8-12-17;;/h3-12,15,18-19H,13-14H2,1-2H3;1H;/q;;+1/p-1/t15-,18-;;/m1../s1. The molecular formula is C19H23ClLiNO2S. The van der Waals surface area contributed by atoms with Crippen molar-refractivity contribution in [2.24, 2.45) is 5.92 Å². The topological polar surface area (TPSA) is 37.4 Å². The molecule has 2 aromatic carbocycles. The Hall–Kier alpha value is -0.763. The van der Waals surface area contributed by atoms with Crippen LogP contribution in [0.1, 0.15) is 24.1 Å². The maximum Gasteiger partial charge on any atom is 1.00 e. The molecule has 0 unspecified atom stereocenters. The molecule has 0 radical (unpaired) electrons. The zero-order valence-corrected chi connectivity index (χ0v) is 16.5. The van der Waals surface area contributed by atoms with Crippen molar-refractivity contribution in [3.05, 3.63) is 71.8 Å². The van der Waals surface area contributed by atoms with Gasteiger partial charge in [-0.15, -0.1) is 0 Å². The van der Waals surface area contributed by atoms with Crippen molar-refractivity contribution in [3.63, 3.8) is 0 Å². The number of benzene rings is 2. The minimum absolute atomic E-state index is 0. The first-order valence-electron chi connectivity index (χ1n) is 7.99. The maximum atomic E-state index is 11.6. The van der Waals surface area contributed by atoms with E-state index in [9.17, 15) is 8.42 Å². The molecule has 0 aromatic heterocycles. The van der Waals surface area contributed by atoms with Gasteiger partial charge in [0, 0.05) is 24.8 Å². The van der Waals surface area contributed by atoms with Crippen molar-refractivity contribution < 1.29 is 39.7 Å². The Morgan fingerprint density at radius 3 is 1.80 bits per heavy atom. The molecule has 3 rings (SSSR count). The molecule has 2 aromatic rings. The second-order valence-electron chi connectivity index (χ2n) is 6.51. The molecule has 2 atom stereocenters. The third kappa shape index (κ3) is 5.36. The number of sulfone groups is 1. The van der Waals surface area contributed by atoms with Gasteiger partial charge in [-0.2, -0.15) is 0 Å². The molecular weight excluding hydrogens is 349 g/mol. The van der Waals surface area contributed by atoms with E-state index < -0.39 is 9.84 Å². The van der Waals surface area contributed by atoms with Crippen molar-refractivity contribution in [3.8, 4) is 0 Å². The number of rotatable bonds is 5. The van der Waals surface area contributed by atoms with E-state index in [-0.39, 0.29) is 55.0 Å². The van der Waals surface area contributed by atoms with E-state index in [1.54, 1.807) is 0 Å². The van der Waals surface area contributed by atoms with Gasteiger partial charge in [0.1, 0.15) is 9.84 Å². The summed E-state index contributed by atoms with van der Waals surface area (Å²) in [4.78, 5) is 2.40. The predicted octanol–water partition coefficient (Wildman–Crippen LogP) is -2.85. The molecule has 130 valence electrons. The smallest absolute Gasteiger partial charge is 1.00 e. The number of hydrogen-bond donors (Lipinski definition) is 0. The van der Waals surface area contributed by atoms with Crippen LogP contribution >= 0.6 is 0 Å². The SMILES string of the molecule is C[C@@H]1[C@@H](CS(C)(=O)=O)CN1C(c1ccccc1)c1ccccc1.[Cl-].[Li+]. The summed E-state index contributed by atoms with van der Waals surface area (Å²) in [6.07, 6.45) is 1.33. The van der Waals surface area contributed by atoms with E-state index in [1.807, 2.05) is 12.1 Å². The zero-order valence-electron chi connectivity index (χ0n) is 15.0. The van der Waals surface area contributed by atoms with Crippen LogP contribution in [0.2, 0.25) is 0 Å². The minimum Gasteiger partial charge on any atom is -1.00 e. The summed E-state index contributed by atoms with van der Waals surface area (Å²) in [5.74, 6) is 0.501. The maximum absolute atomic E-state index is 11.6. The van der Waals surface area contributed by atoms with Crippen molar-refractivity contribution in [1.29, 1.82) is 0 Å². The van der Waals surface area contributed by atoms with Gasteiger partial charge in [0.05, 0.1) is 11.8 Å². The third-order valence-electron chi connectivity index (χ3n) is 4.73. The number of hydrogen-bond acceptors (Lipinski definition) is 3. The average Bonchev–Trinajstić information content (AvgIpc) is 2.54. The van der Waals surface area contributed by atoms with Crippen LogP contribution in [0.25, 0.3) is 0 Å². The Balaban J connectivity index is 0.00000156. The Labute approximate surface area is 169 Å². The second-order valence-corrected chi connectivity index (χ2v) is 8.70. The Morgan fingerprint density at radius 2 is 1.44 bits per heavy atom. The van der Waals surface area contributed by atoms with Gasteiger partial charge in [0.25, 0.3) is 0 Å². The predicted molar refractivity (Wildman–Crippen MR) is 94.1 cm³/mol. The molecule has 1 saturated heterocycles. The van der Waals surface area contributed by atoms with E-state index >= 15 is 0 Å². The monoisotopic (exact) mass is 371 g/mol. The fraction of sp³-hybridized carbons (Fsp3) is 0.368. The number of nitrogens with zero attached hydrogens (tertiary/aromatic N) is 1. The van der Waals surface area contributed by atoms with Gasteiger partial charge in [-0.1, -0.05) is 60.7 Å². The van der Waals surface area contributed by atoms with Crippen molar-refractivity contribution in [1.82, 2.24) is 4.90 Å². The first kappa shape index (κ1) is 22.3. The molecule has 3 nitrogen and oxygen atoms in total. The summed E-state index contributed by atoms with van der Waals surface area (Å²) < 4.78 is 23.2.